The van der Waals surface area contributed by atoms with Gasteiger partial charge in [-0.3, -0.25) is 4.99 Å². The molecular weight excluding hydrogens is 330 g/mol. The zero-order valence-electron chi connectivity index (χ0n) is 14.8. The average molecular weight is 350 g/mol. The number of halogens is 1. The van der Waals surface area contributed by atoms with Gasteiger partial charge in [-0.05, 0) is 43.7 Å². The summed E-state index contributed by atoms with van der Waals surface area (Å²) in [6, 6.07) is 16.1. The molecule has 2 aromatic carbocycles. The van der Waals surface area contributed by atoms with Gasteiger partial charge in [-0.25, -0.2) is 0 Å². The molecule has 4 rings (SSSR count). The SMILES string of the molecule is CC1(C)N=C(c2cc3ccccc3nn2)c2ccc(Cl)cc2C1(C)C. The highest BCUT2D eigenvalue weighted by Crippen LogP contribution is 2.44. The molecule has 0 amide bonds. The van der Waals surface area contributed by atoms with Crippen molar-refractivity contribution in [3.63, 3.8) is 0 Å². The Labute approximate surface area is 152 Å². The van der Waals surface area contributed by atoms with E-state index in [1.165, 1.54) is 5.56 Å². The summed E-state index contributed by atoms with van der Waals surface area (Å²) in [4.78, 5) is 5.09. The van der Waals surface area contributed by atoms with Crippen LogP contribution in [0.5, 0.6) is 0 Å². The van der Waals surface area contributed by atoms with Crippen molar-refractivity contribution in [2.75, 3.05) is 0 Å². The molecule has 3 nitrogen and oxygen atoms in total. The first kappa shape index (κ1) is 16.2. The number of aromatic nitrogens is 2. The van der Waals surface area contributed by atoms with Crippen molar-refractivity contribution >= 4 is 28.2 Å². The third-order valence-corrected chi connectivity index (χ3v) is 5.80. The lowest BCUT2D eigenvalue weighted by Crippen LogP contribution is -2.46. The maximum absolute atomic E-state index is 6.30. The van der Waals surface area contributed by atoms with Crippen LogP contribution in [0.1, 0.15) is 44.5 Å². The largest absolute Gasteiger partial charge is 0.275 e. The highest BCUT2D eigenvalue weighted by molar-refractivity contribution is 6.31. The summed E-state index contributed by atoms with van der Waals surface area (Å²) in [5.74, 6) is 0. The van der Waals surface area contributed by atoms with Crippen molar-refractivity contribution < 1.29 is 0 Å². The lowest BCUT2D eigenvalue weighted by Gasteiger charge is -2.44. The second-order valence-corrected chi connectivity index (χ2v) is 8.06. The van der Waals surface area contributed by atoms with E-state index >= 15 is 0 Å². The summed E-state index contributed by atoms with van der Waals surface area (Å²) in [6.45, 7) is 8.75. The van der Waals surface area contributed by atoms with E-state index in [4.69, 9.17) is 16.6 Å². The minimum Gasteiger partial charge on any atom is -0.275 e. The molecule has 0 bridgehead atoms. The molecule has 1 aromatic heterocycles. The van der Waals surface area contributed by atoms with Crippen LogP contribution in [0.3, 0.4) is 0 Å². The highest BCUT2D eigenvalue weighted by Gasteiger charge is 2.44. The Morgan fingerprint density at radius 2 is 1.64 bits per heavy atom. The van der Waals surface area contributed by atoms with Crippen molar-refractivity contribution in [2.45, 2.75) is 38.6 Å². The Bertz CT molecular complexity index is 1020. The van der Waals surface area contributed by atoms with Crippen LogP contribution in [0, 0.1) is 0 Å². The van der Waals surface area contributed by atoms with Crippen LogP contribution in [0.4, 0.5) is 0 Å². The molecule has 4 heteroatoms. The normalized spacial score (nSPS) is 17.9. The van der Waals surface area contributed by atoms with Gasteiger partial charge in [0.1, 0.15) is 5.69 Å². The molecule has 0 fully saturated rings. The van der Waals surface area contributed by atoms with Crippen molar-refractivity contribution in [3.8, 4) is 0 Å². The summed E-state index contributed by atoms with van der Waals surface area (Å²) in [5.41, 5.74) is 4.43. The van der Waals surface area contributed by atoms with Gasteiger partial charge >= 0.3 is 0 Å². The molecule has 3 aromatic rings. The highest BCUT2D eigenvalue weighted by atomic mass is 35.5. The fourth-order valence-corrected chi connectivity index (χ4v) is 3.52. The summed E-state index contributed by atoms with van der Waals surface area (Å²) in [5, 5.41) is 10.6. The molecule has 2 heterocycles. The Morgan fingerprint density at radius 3 is 2.44 bits per heavy atom. The molecule has 0 unspecified atom stereocenters. The lowest BCUT2D eigenvalue weighted by atomic mass is 9.66. The molecule has 0 spiro atoms. The van der Waals surface area contributed by atoms with Crippen LogP contribution in [-0.2, 0) is 5.41 Å². The maximum Gasteiger partial charge on any atom is 0.112 e. The number of rotatable bonds is 1. The third kappa shape index (κ3) is 2.46. The molecule has 1 aliphatic rings. The molecule has 1 aliphatic heterocycles. The molecule has 126 valence electrons. The first-order valence-electron chi connectivity index (χ1n) is 8.43. The van der Waals surface area contributed by atoms with Gasteiger partial charge in [-0.15, -0.1) is 10.2 Å². The summed E-state index contributed by atoms with van der Waals surface area (Å²) in [6.07, 6.45) is 0. The first-order valence-corrected chi connectivity index (χ1v) is 8.80. The quantitative estimate of drug-likeness (QED) is 0.606. The van der Waals surface area contributed by atoms with Crippen molar-refractivity contribution in [1.82, 2.24) is 10.2 Å². The number of aliphatic imine (C=N–C) groups is 1. The number of benzene rings is 2. The Morgan fingerprint density at radius 1 is 0.880 bits per heavy atom. The van der Waals surface area contributed by atoms with Crippen LogP contribution in [0.15, 0.2) is 53.5 Å². The zero-order valence-corrected chi connectivity index (χ0v) is 15.6. The van der Waals surface area contributed by atoms with Gasteiger partial charge in [0.2, 0.25) is 0 Å². The molecule has 0 saturated carbocycles. The monoisotopic (exact) mass is 349 g/mol. The molecule has 0 saturated heterocycles. The molecule has 0 aliphatic carbocycles. The second-order valence-electron chi connectivity index (χ2n) is 7.62. The average Bonchev–Trinajstić information content (AvgIpc) is 2.58. The third-order valence-electron chi connectivity index (χ3n) is 5.57. The van der Waals surface area contributed by atoms with E-state index in [2.05, 4.69) is 56.1 Å². The van der Waals surface area contributed by atoms with Crippen molar-refractivity contribution in [1.29, 1.82) is 0 Å². The van der Waals surface area contributed by atoms with Gasteiger partial charge in [-0.1, -0.05) is 49.7 Å². The van der Waals surface area contributed by atoms with Crippen LogP contribution >= 0.6 is 11.6 Å². The number of nitrogens with zero attached hydrogens (tertiary/aromatic N) is 3. The van der Waals surface area contributed by atoms with E-state index in [9.17, 15) is 0 Å². The predicted octanol–water partition coefficient (Wildman–Crippen LogP) is 5.19. The molecule has 25 heavy (non-hydrogen) atoms. The van der Waals surface area contributed by atoms with Crippen molar-refractivity contribution in [3.05, 3.63) is 70.4 Å². The fraction of sp³-hybridized carbons (Fsp3) is 0.286. The molecule has 0 radical (unpaired) electrons. The van der Waals surface area contributed by atoms with Gasteiger partial charge in [0.05, 0.1) is 16.8 Å². The predicted molar refractivity (Wildman–Crippen MR) is 104 cm³/mol. The molecular formula is C21H20ClN3. The summed E-state index contributed by atoms with van der Waals surface area (Å²) < 4.78 is 0. The fourth-order valence-electron chi connectivity index (χ4n) is 3.34. The molecule has 0 N–H and O–H groups in total. The topological polar surface area (TPSA) is 38.1 Å². The van der Waals surface area contributed by atoms with E-state index in [1.54, 1.807) is 0 Å². The minimum atomic E-state index is -0.284. The van der Waals surface area contributed by atoms with Crippen LogP contribution in [0.2, 0.25) is 5.02 Å². The Balaban J connectivity index is 1.98. The number of fused-ring (bicyclic) bond motifs is 2. The van der Waals surface area contributed by atoms with Gasteiger partial charge in [0, 0.05) is 21.4 Å². The standard InChI is InChI=1S/C21H20ClN3/c1-20(2)16-12-14(22)9-10-15(16)19(23-21(20,3)4)18-11-13-7-5-6-8-17(13)24-25-18/h5-12H,1-4H3. The number of hydrogen-bond donors (Lipinski definition) is 0. The molecule has 0 atom stereocenters. The van der Waals surface area contributed by atoms with E-state index in [1.807, 2.05) is 30.3 Å². The number of hydrogen-bond acceptors (Lipinski definition) is 3. The second kappa shape index (κ2) is 5.37. The van der Waals surface area contributed by atoms with Gasteiger partial charge in [-0.2, -0.15) is 0 Å². The van der Waals surface area contributed by atoms with E-state index in [0.717, 1.165) is 32.9 Å². The van der Waals surface area contributed by atoms with E-state index in [0.29, 0.717) is 0 Å². The van der Waals surface area contributed by atoms with E-state index in [-0.39, 0.29) is 11.0 Å². The van der Waals surface area contributed by atoms with Gasteiger partial charge in [0.25, 0.3) is 0 Å². The summed E-state index contributed by atoms with van der Waals surface area (Å²) in [7, 11) is 0. The Hall–Kier alpha value is -2.26. The summed E-state index contributed by atoms with van der Waals surface area (Å²) >= 11 is 6.30. The first-order chi connectivity index (χ1) is 11.8. The maximum atomic E-state index is 6.30. The van der Waals surface area contributed by atoms with Gasteiger partial charge in [0.15, 0.2) is 0 Å². The van der Waals surface area contributed by atoms with Crippen molar-refractivity contribution in [2.24, 2.45) is 4.99 Å². The lowest BCUT2D eigenvalue weighted by molar-refractivity contribution is 0.303. The minimum absolute atomic E-state index is 0.138. The van der Waals surface area contributed by atoms with Crippen LogP contribution in [0.25, 0.3) is 10.9 Å². The zero-order chi connectivity index (χ0) is 17.8. The van der Waals surface area contributed by atoms with Crippen LogP contribution in [-0.4, -0.2) is 21.4 Å². The van der Waals surface area contributed by atoms with Gasteiger partial charge < -0.3 is 0 Å². The van der Waals surface area contributed by atoms with E-state index < -0.39 is 0 Å². The Kier molecular flexibility index (Phi) is 3.48. The smallest absolute Gasteiger partial charge is 0.112 e. The van der Waals surface area contributed by atoms with Crippen LogP contribution < -0.4 is 0 Å².